The molecule has 0 saturated carbocycles. The summed E-state index contributed by atoms with van der Waals surface area (Å²) in [4.78, 5) is 46.7. The smallest absolute Gasteiger partial charge is 0.375 e. The van der Waals surface area contributed by atoms with Crippen molar-refractivity contribution in [1.82, 2.24) is 0 Å². The highest BCUT2D eigenvalue weighted by Crippen LogP contribution is 2.18. The summed E-state index contributed by atoms with van der Waals surface area (Å²) in [7, 11) is 0. The van der Waals surface area contributed by atoms with Gasteiger partial charge in [-0.3, -0.25) is 19.7 Å². The van der Waals surface area contributed by atoms with Crippen molar-refractivity contribution in [3.63, 3.8) is 0 Å². The van der Waals surface area contributed by atoms with E-state index in [1.165, 1.54) is 37.3 Å². The van der Waals surface area contributed by atoms with E-state index < -0.39 is 28.3 Å². The molecule has 0 aliphatic carbocycles. The van der Waals surface area contributed by atoms with E-state index in [0.29, 0.717) is 5.39 Å². The summed E-state index contributed by atoms with van der Waals surface area (Å²) in [6, 6.07) is 12.7. The van der Waals surface area contributed by atoms with Crippen molar-refractivity contribution in [3.05, 3.63) is 80.7 Å². The van der Waals surface area contributed by atoms with E-state index in [9.17, 15) is 24.5 Å². The average molecular weight is 382 g/mol. The lowest BCUT2D eigenvalue weighted by Crippen LogP contribution is -2.30. The van der Waals surface area contributed by atoms with Gasteiger partial charge in [0.25, 0.3) is 11.6 Å². The fourth-order valence-electron chi connectivity index (χ4n) is 2.42. The summed E-state index contributed by atoms with van der Waals surface area (Å²) in [6.07, 6.45) is -1.23. The van der Waals surface area contributed by atoms with Gasteiger partial charge in [0, 0.05) is 23.9 Å². The number of benzene rings is 2. The molecule has 2 aromatic carbocycles. The molecule has 0 aliphatic rings. The molecule has 1 amide bonds. The number of hydrogen-bond donors (Lipinski definition) is 1. The molecule has 1 unspecified atom stereocenters. The molecule has 1 aromatic heterocycles. The third-order valence-corrected chi connectivity index (χ3v) is 3.81. The minimum Gasteiger partial charge on any atom is -0.449 e. The standard InChI is InChI=1S/C19H14N2O7/c1-11(18(23)20-12-5-4-6-13(9-12)21(25)26)27-19(24)17-10-15(22)14-7-2-3-8-16(14)28-17/h2-11H,1H3,(H,20,23). The molecule has 0 fully saturated rings. The van der Waals surface area contributed by atoms with Gasteiger partial charge >= 0.3 is 5.97 Å². The molecular formula is C19H14N2O7. The third kappa shape index (κ3) is 4.04. The quantitative estimate of drug-likeness (QED) is 0.408. The highest BCUT2D eigenvalue weighted by Gasteiger charge is 2.22. The summed E-state index contributed by atoms with van der Waals surface area (Å²) in [5.74, 6) is -2.01. The van der Waals surface area contributed by atoms with Crippen molar-refractivity contribution in [1.29, 1.82) is 0 Å². The predicted molar refractivity (Wildman–Crippen MR) is 99.1 cm³/mol. The number of anilines is 1. The van der Waals surface area contributed by atoms with E-state index in [2.05, 4.69) is 5.32 Å². The Morgan fingerprint density at radius 1 is 1.14 bits per heavy atom. The Morgan fingerprint density at radius 3 is 2.64 bits per heavy atom. The van der Waals surface area contributed by atoms with Crippen molar-refractivity contribution >= 4 is 34.2 Å². The summed E-state index contributed by atoms with van der Waals surface area (Å²) in [5, 5.41) is 13.5. The van der Waals surface area contributed by atoms with E-state index in [1.807, 2.05) is 0 Å². The first-order valence-electron chi connectivity index (χ1n) is 8.14. The molecule has 1 atom stereocenters. The largest absolute Gasteiger partial charge is 0.449 e. The lowest BCUT2D eigenvalue weighted by Gasteiger charge is -2.13. The Balaban J connectivity index is 1.72. The fraction of sp³-hybridized carbons (Fsp3) is 0.105. The Morgan fingerprint density at radius 2 is 1.89 bits per heavy atom. The number of nitro benzene ring substituents is 1. The number of carbonyl (C=O) groups excluding carboxylic acids is 2. The lowest BCUT2D eigenvalue weighted by molar-refractivity contribution is -0.384. The molecule has 0 spiro atoms. The number of hydrogen-bond acceptors (Lipinski definition) is 7. The number of fused-ring (bicyclic) bond motifs is 1. The van der Waals surface area contributed by atoms with Crippen LogP contribution in [0.1, 0.15) is 17.5 Å². The average Bonchev–Trinajstić information content (AvgIpc) is 2.68. The number of carbonyl (C=O) groups is 2. The van der Waals surface area contributed by atoms with Gasteiger partial charge in [-0.1, -0.05) is 18.2 Å². The van der Waals surface area contributed by atoms with Crippen LogP contribution in [-0.4, -0.2) is 22.9 Å². The van der Waals surface area contributed by atoms with Gasteiger partial charge in [0.15, 0.2) is 11.5 Å². The first-order chi connectivity index (χ1) is 13.3. The van der Waals surface area contributed by atoms with Crippen LogP contribution in [-0.2, 0) is 9.53 Å². The van der Waals surface area contributed by atoms with Gasteiger partial charge in [0.2, 0.25) is 5.76 Å². The first-order valence-corrected chi connectivity index (χ1v) is 8.14. The summed E-state index contributed by atoms with van der Waals surface area (Å²) in [6.45, 7) is 1.32. The molecule has 3 aromatic rings. The second kappa shape index (κ2) is 7.70. The van der Waals surface area contributed by atoms with Crippen molar-refractivity contribution in [3.8, 4) is 0 Å². The number of rotatable bonds is 5. The maximum absolute atomic E-state index is 12.2. The maximum atomic E-state index is 12.2. The zero-order valence-electron chi connectivity index (χ0n) is 14.6. The summed E-state index contributed by atoms with van der Waals surface area (Å²) < 4.78 is 10.4. The van der Waals surface area contributed by atoms with Gasteiger partial charge in [-0.05, 0) is 25.1 Å². The summed E-state index contributed by atoms with van der Waals surface area (Å²) in [5.41, 5.74) is -0.210. The second-order valence-corrected chi connectivity index (χ2v) is 5.82. The summed E-state index contributed by atoms with van der Waals surface area (Å²) >= 11 is 0. The molecular weight excluding hydrogens is 368 g/mol. The third-order valence-electron chi connectivity index (χ3n) is 3.81. The molecule has 0 saturated heterocycles. The molecule has 9 heteroatoms. The molecule has 9 nitrogen and oxygen atoms in total. The lowest BCUT2D eigenvalue weighted by atomic mass is 10.2. The Kier molecular flexibility index (Phi) is 5.16. The molecule has 142 valence electrons. The van der Waals surface area contributed by atoms with Crippen LogP contribution >= 0.6 is 0 Å². The van der Waals surface area contributed by atoms with Crippen LogP contribution in [0.25, 0.3) is 11.0 Å². The number of esters is 1. The molecule has 1 heterocycles. The van der Waals surface area contributed by atoms with E-state index in [0.717, 1.165) is 6.07 Å². The minimum absolute atomic E-state index is 0.180. The SMILES string of the molecule is CC(OC(=O)c1cc(=O)c2ccccc2o1)C(=O)Nc1cccc([N+](=O)[O-])c1. The van der Waals surface area contributed by atoms with Gasteiger partial charge in [-0.25, -0.2) is 4.79 Å². The zero-order valence-corrected chi connectivity index (χ0v) is 14.6. The number of nitro groups is 1. The van der Waals surface area contributed by atoms with Crippen LogP contribution in [0.4, 0.5) is 11.4 Å². The topological polar surface area (TPSA) is 129 Å². The number of para-hydroxylation sites is 1. The van der Waals surface area contributed by atoms with Crippen LogP contribution in [0.3, 0.4) is 0 Å². The molecule has 0 aliphatic heterocycles. The van der Waals surface area contributed by atoms with Gasteiger partial charge in [0.05, 0.1) is 10.3 Å². The van der Waals surface area contributed by atoms with Gasteiger partial charge in [-0.15, -0.1) is 0 Å². The second-order valence-electron chi connectivity index (χ2n) is 5.82. The Bertz CT molecular complexity index is 1140. The molecule has 3 rings (SSSR count). The number of ether oxygens (including phenoxy) is 1. The van der Waals surface area contributed by atoms with Gasteiger partial charge in [0.1, 0.15) is 5.58 Å². The number of nitrogens with one attached hydrogen (secondary N) is 1. The highest BCUT2D eigenvalue weighted by atomic mass is 16.6. The maximum Gasteiger partial charge on any atom is 0.375 e. The minimum atomic E-state index is -1.23. The Hall–Kier alpha value is -4.01. The van der Waals surface area contributed by atoms with Crippen molar-refractivity contribution in [2.24, 2.45) is 0 Å². The monoisotopic (exact) mass is 382 g/mol. The van der Waals surface area contributed by atoms with Crippen molar-refractivity contribution in [2.45, 2.75) is 13.0 Å². The van der Waals surface area contributed by atoms with E-state index in [-0.39, 0.29) is 22.7 Å². The Labute approximate surface area is 157 Å². The zero-order chi connectivity index (χ0) is 20.3. The van der Waals surface area contributed by atoms with Crippen molar-refractivity contribution in [2.75, 3.05) is 5.32 Å². The molecule has 28 heavy (non-hydrogen) atoms. The van der Waals surface area contributed by atoms with Crippen LogP contribution in [0.15, 0.2) is 63.8 Å². The van der Waals surface area contributed by atoms with Crippen LogP contribution in [0, 0.1) is 10.1 Å². The van der Waals surface area contributed by atoms with Crippen LogP contribution in [0.5, 0.6) is 0 Å². The fourth-order valence-corrected chi connectivity index (χ4v) is 2.42. The number of nitrogens with zero attached hydrogens (tertiary/aromatic N) is 1. The van der Waals surface area contributed by atoms with E-state index in [4.69, 9.17) is 9.15 Å². The van der Waals surface area contributed by atoms with Gasteiger partial charge < -0.3 is 14.5 Å². The van der Waals surface area contributed by atoms with Crippen LogP contribution in [0.2, 0.25) is 0 Å². The van der Waals surface area contributed by atoms with E-state index >= 15 is 0 Å². The van der Waals surface area contributed by atoms with Gasteiger partial charge in [-0.2, -0.15) is 0 Å². The predicted octanol–water partition coefficient (Wildman–Crippen LogP) is 2.89. The molecule has 1 N–H and O–H groups in total. The number of non-ortho nitro benzene ring substituents is 1. The highest BCUT2D eigenvalue weighted by molar-refractivity contribution is 5.97. The van der Waals surface area contributed by atoms with E-state index in [1.54, 1.807) is 18.2 Å². The number of amides is 1. The molecule has 0 radical (unpaired) electrons. The van der Waals surface area contributed by atoms with Crippen LogP contribution < -0.4 is 10.7 Å². The normalized spacial score (nSPS) is 11.6. The molecule has 0 bridgehead atoms. The first kappa shape index (κ1) is 18.8. The van der Waals surface area contributed by atoms with Crippen molar-refractivity contribution < 1.29 is 23.7 Å².